The van der Waals surface area contributed by atoms with E-state index in [1.54, 1.807) is 0 Å². The molecule has 1 N–H and O–H groups in total. The predicted molar refractivity (Wildman–Crippen MR) is 68.3 cm³/mol. The molecule has 0 amide bonds. The molecule has 0 radical (unpaired) electrons. The summed E-state index contributed by atoms with van der Waals surface area (Å²) in [6.45, 7) is 7.72. The van der Waals surface area contributed by atoms with Crippen molar-refractivity contribution < 1.29 is 0 Å². The van der Waals surface area contributed by atoms with Gasteiger partial charge in [-0.15, -0.1) is 11.3 Å². The van der Waals surface area contributed by atoms with Gasteiger partial charge in [-0.05, 0) is 52.1 Å². The van der Waals surface area contributed by atoms with Gasteiger partial charge < -0.3 is 5.32 Å². The van der Waals surface area contributed by atoms with Gasteiger partial charge in [0.25, 0.3) is 0 Å². The summed E-state index contributed by atoms with van der Waals surface area (Å²) in [5.74, 6) is 0.658. The van der Waals surface area contributed by atoms with Crippen LogP contribution in [-0.2, 0) is 0 Å². The van der Waals surface area contributed by atoms with Gasteiger partial charge in [0, 0.05) is 6.04 Å². The third-order valence-corrected chi connectivity index (χ3v) is 3.84. The second-order valence-corrected chi connectivity index (χ2v) is 6.27. The van der Waals surface area contributed by atoms with Crippen LogP contribution in [0, 0.1) is 8.80 Å². The molecule has 0 aliphatic carbocycles. The molecule has 13 heavy (non-hydrogen) atoms. The first-order chi connectivity index (χ1) is 6.15. The van der Waals surface area contributed by atoms with Gasteiger partial charge >= 0.3 is 0 Å². The van der Waals surface area contributed by atoms with Gasteiger partial charge in [0.05, 0.1) is 2.88 Å². The van der Waals surface area contributed by atoms with E-state index in [0.717, 1.165) is 6.54 Å². The molecule has 1 aromatic heterocycles. The van der Waals surface area contributed by atoms with Crippen molar-refractivity contribution in [1.82, 2.24) is 5.32 Å². The SMILES string of the molecule is CCNC(c1csc(I)c1)C(C)C. The molecule has 0 aromatic carbocycles. The molecule has 3 heteroatoms. The first-order valence-corrected chi connectivity index (χ1v) is 6.58. The van der Waals surface area contributed by atoms with Crippen LogP contribution < -0.4 is 5.32 Å². The van der Waals surface area contributed by atoms with Gasteiger partial charge in [-0.1, -0.05) is 20.8 Å². The quantitative estimate of drug-likeness (QED) is 0.837. The average Bonchev–Trinajstić information content (AvgIpc) is 2.46. The van der Waals surface area contributed by atoms with Crippen LogP contribution in [-0.4, -0.2) is 6.54 Å². The van der Waals surface area contributed by atoms with Crippen LogP contribution in [0.25, 0.3) is 0 Å². The molecular weight excluding hydrogens is 293 g/mol. The predicted octanol–water partition coefficient (Wildman–Crippen LogP) is 3.66. The zero-order valence-electron chi connectivity index (χ0n) is 8.30. The second kappa shape index (κ2) is 5.32. The lowest BCUT2D eigenvalue weighted by molar-refractivity contribution is 0.422. The van der Waals surface area contributed by atoms with E-state index in [-0.39, 0.29) is 0 Å². The Morgan fingerprint density at radius 2 is 2.23 bits per heavy atom. The number of halogens is 1. The van der Waals surface area contributed by atoms with E-state index in [1.807, 2.05) is 11.3 Å². The Morgan fingerprint density at radius 1 is 1.54 bits per heavy atom. The maximum atomic E-state index is 3.52. The largest absolute Gasteiger partial charge is 0.310 e. The lowest BCUT2D eigenvalue weighted by Crippen LogP contribution is -2.24. The van der Waals surface area contributed by atoms with E-state index in [1.165, 1.54) is 8.45 Å². The molecule has 0 fully saturated rings. The summed E-state index contributed by atoms with van der Waals surface area (Å²) in [5.41, 5.74) is 1.44. The summed E-state index contributed by atoms with van der Waals surface area (Å²) < 4.78 is 1.37. The van der Waals surface area contributed by atoms with E-state index in [4.69, 9.17) is 0 Å². The van der Waals surface area contributed by atoms with Crippen molar-refractivity contribution in [3.63, 3.8) is 0 Å². The van der Waals surface area contributed by atoms with Crippen molar-refractivity contribution >= 4 is 33.9 Å². The molecule has 0 saturated heterocycles. The highest BCUT2D eigenvalue weighted by atomic mass is 127. The van der Waals surface area contributed by atoms with Crippen molar-refractivity contribution in [2.45, 2.75) is 26.8 Å². The lowest BCUT2D eigenvalue weighted by Gasteiger charge is -2.20. The number of nitrogens with one attached hydrogen (secondary N) is 1. The highest BCUT2D eigenvalue weighted by molar-refractivity contribution is 14.1. The smallest absolute Gasteiger partial charge is 0.0656 e. The van der Waals surface area contributed by atoms with Crippen molar-refractivity contribution in [3.05, 3.63) is 19.9 Å². The summed E-state index contributed by atoms with van der Waals surface area (Å²) in [5, 5.41) is 5.77. The zero-order valence-corrected chi connectivity index (χ0v) is 11.3. The first kappa shape index (κ1) is 11.5. The standard InChI is InChI=1S/C10H16INS/c1-4-12-10(7(2)3)8-5-9(11)13-6-8/h5-7,10,12H,4H2,1-3H3. The van der Waals surface area contributed by atoms with Gasteiger partial charge in [0.15, 0.2) is 0 Å². The van der Waals surface area contributed by atoms with Crippen molar-refractivity contribution in [3.8, 4) is 0 Å². The summed E-state index contributed by atoms with van der Waals surface area (Å²) in [6, 6.07) is 2.79. The number of rotatable bonds is 4. The van der Waals surface area contributed by atoms with E-state index >= 15 is 0 Å². The molecular formula is C10H16INS. The molecule has 0 saturated carbocycles. The molecule has 1 nitrogen and oxygen atoms in total. The fourth-order valence-electron chi connectivity index (χ4n) is 1.44. The van der Waals surface area contributed by atoms with Gasteiger partial charge in [-0.3, -0.25) is 0 Å². The molecule has 1 aromatic rings. The highest BCUT2D eigenvalue weighted by Gasteiger charge is 2.15. The zero-order chi connectivity index (χ0) is 9.84. The fraction of sp³-hybridized carbons (Fsp3) is 0.600. The number of hydrogen-bond donors (Lipinski definition) is 1. The molecule has 0 aliphatic rings. The Balaban J connectivity index is 2.75. The Labute approximate surface area is 98.1 Å². The minimum atomic E-state index is 0.518. The number of thiophene rings is 1. The lowest BCUT2D eigenvalue weighted by atomic mass is 9.99. The maximum absolute atomic E-state index is 3.52. The molecule has 1 rings (SSSR count). The van der Waals surface area contributed by atoms with E-state index in [0.29, 0.717) is 12.0 Å². The van der Waals surface area contributed by atoms with E-state index < -0.39 is 0 Å². The first-order valence-electron chi connectivity index (χ1n) is 4.62. The van der Waals surface area contributed by atoms with Gasteiger partial charge in [0.1, 0.15) is 0 Å². The van der Waals surface area contributed by atoms with Crippen LogP contribution in [0.4, 0.5) is 0 Å². The Kier molecular flexibility index (Phi) is 4.69. The summed E-state index contributed by atoms with van der Waals surface area (Å²) in [7, 11) is 0. The number of hydrogen-bond acceptors (Lipinski definition) is 2. The van der Waals surface area contributed by atoms with E-state index in [2.05, 4.69) is 60.1 Å². The third-order valence-electron chi connectivity index (χ3n) is 2.04. The minimum absolute atomic E-state index is 0.518. The maximum Gasteiger partial charge on any atom is 0.0656 e. The van der Waals surface area contributed by atoms with Crippen LogP contribution in [0.2, 0.25) is 0 Å². The Morgan fingerprint density at radius 3 is 2.62 bits per heavy atom. The average molecular weight is 309 g/mol. The van der Waals surface area contributed by atoms with Crippen LogP contribution in [0.3, 0.4) is 0 Å². The van der Waals surface area contributed by atoms with Crippen molar-refractivity contribution in [1.29, 1.82) is 0 Å². The van der Waals surface area contributed by atoms with Crippen LogP contribution in [0.5, 0.6) is 0 Å². The highest BCUT2D eigenvalue weighted by Crippen LogP contribution is 2.26. The second-order valence-electron chi connectivity index (χ2n) is 3.46. The summed E-state index contributed by atoms with van der Waals surface area (Å²) in [6.07, 6.45) is 0. The third kappa shape index (κ3) is 3.22. The minimum Gasteiger partial charge on any atom is -0.310 e. The normalized spacial score (nSPS) is 13.6. The molecule has 1 atom stereocenters. The fourth-order valence-corrected chi connectivity index (χ4v) is 2.85. The topological polar surface area (TPSA) is 12.0 Å². The van der Waals surface area contributed by atoms with Crippen molar-refractivity contribution in [2.24, 2.45) is 5.92 Å². The van der Waals surface area contributed by atoms with Gasteiger partial charge in [-0.25, -0.2) is 0 Å². The summed E-state index contributed by atoms with van der Waals surface area (Å²) in [4.78, 5) is 0. The van der Waals surface area contributed by atoms with Crippen molar-refractivity contribution in [2.75, 3.05) is 6.54 Å². The monoisotopic (exact) mass is 309 g/mol. The molecule has 0 spiro atoms. The van der Waals surface area contributed by atoms with Gasteiger partial charge in [-0.2, -0.15) is 0 Å². The molecule has 74 valence electrons. The van der Waals surface area contributed by atoms with Crippen LogP contribution >= 0.6 is 33.9 Å². The summed E-state index contributed by atoms with van der Waals surface area (Å²) >= 11 is 4.20. The van der Waals surface area contributed by atoms with Gasteiger partial charge in [0.2, 0.25) is 0 Å². The molecule has 1 unspecified atom stereocenters. The molecule has 1 heterocycles. The van der Waals surface area contributed by atoms with Crippen LogP contribution in [0.1, 0.15) is 32.4 Å². The van der Waals surface area contributed by atoms with E-state index in [9.17, 15) is 0 Å². The Bertz CT molecular complexity index is 257. The molecule has 0 aliphatic heterocycles. The van der Waals surface area contributed by atoms with Crippen LogP contribution in [0.15, 0.2) is 11.4 Å². The molecule has 0 bridgehead atoms. The Hall–Kier alpha value is 0.390.